The molecule has 6 nitrogen and oxygen atoms in total. The van der Waals surface area contributed by atoms with Crippen molar-refractivity contribution in [1.82, 2.24) is 15.5 Å². The molecule has 0 aliphatic rings. The van der Waals surface area contributed by atoms with Gasteiger partial charge in [0.15, 0.2) is 0 Å². The third-order valence-corrected chi connectivity index (χ3v) is 3.63. The highest BCUT2D eigenvalue weighted by Crippen LogP contribution is 2.26. The van der Waals surface area contributed by atoms with Gasteiger partial charge in [0.05, 0.1) is 17.3 Å². The fraction of sp³-hybridized carbons (Fsp3) is 0.182. The van der Waals surface area contributed by atoms with Crippen molar-refractivity contribution in [3.63, 3.8) is 0 Å². The van der Waals surface area contributed by atoms with E-state index in [-0.39, 0.29) is 30.1 Å². The molecule has 3 N–H and O–H groups in total. The highest BCUT2D eigenvalue weighted by Gasteiger charge is 2.07. The van der Waals surface area contributed by atoms with Gasteiger partial charge in [-0.1, -0.05) is 28.8 Å². The van der Waals surface area contributed by atoms with E-state index in [0.29, 0.717) is 5.02 Å². The third-order valence-electron chi connectivity index (χ3n) is 2.11. The number of nitrogens with one attached hydrogen (secondary N) is 1. The van der Waals surface area contributed by atoms with E-state index in [4.69, 9.17) is 21.8 Å². The molecule has 0 aliphatic carbocycles. The fourth-order valence-corrected chi connectivity index (χ4v) is 2.34. The molecule has 0 saturated heterocycles. The first-order valence-electron chi connectivity index (χ1n) is 5.37. The first-order chi connectivity index (χ1) is 9.15. The Bertz CT molecular complexity index is 575. The summed E-state index contributed by atoms with van der Waals surface area (Å²) in [4.78, 5) is 12.5. The summed E-state index contributed by atoms with van der Waals surface area (Å²) in [5, 5.41) is 10.4. The van der Waals surface area contributed by atoms with E-state index in [1.54, 1.807) is 6.07 Å². The molecule has 2 aromatic rings. The SMILES string of the molecule is Nc1nnc(CNC(=O)CSc2ccccc2Cl)o1. The minimum Gasteiger partial charge on any atom is -0.406 e. The van der Waals surface area contributed by atoms with E-state index in [1.165, 1.54) is 11.8 Å². The van der Waals surface area contributed by atoms with Gasteiger partial charge in [0, 0.05) is 4.90 Å². The smallest absolute Gasteiger partial charge is 0.312 e. The maximum atomic E-state index is 11.6. The van der Waals surface area contributed by atoms with Gasteiger partial charge >= 0.3 is 6.01 Å². The highest BCUT2D eigenvalue weighted by molar-refractivity contribution is 8.00. The van der Waals surface area contributed by atoms with Crippen molar-refractivity contribution < 1.29 is 9.21 Å². The van der Waals surface area contributed by atoms with Crippen molar-refractivity contribution in [1.29, 1.82) is 0 Å². The number of hydrogen-bond donors (Lipinski definition) is 2. The molecule has 8 heteroatoms. The number of thioether (sulfide) groups is 1. The predicted octanol–water partition coefficient (Wildman–Crippen LogP) is 1.71. The van der Waals surface area contributed by atoms with Crippen molar-refractivity contribution in [2.75, 3.05) is 11.5 Å². The summed E-state index contributed by atoms with van der Waals surface area (Å²) < 4.78 is 4.93. The Hall–Kier alpha value is -1.73. The van der Waals surface area contributed by atoms with E-state index in [1.807, 2.05) is 18.2 Å². The molecule has 0 aliphatic heterocycles. The minimum atomic E-state index is -0.151. The van der Waals surface area contributed by atoms with Crippen LogP contribution in [0, 0.1) is 0 Å². The highest BCUT2D eigenvalue weighted by atomic mass is 35.5. The number of nitrogens with zero attached hydrogens (tertiary/aromatic N) is 2. The largest absolute Gasteiger partial charge is 0.406 e. The van der Waals surface area contributed by atoms with Crippen LogP contribution in [-0.4, -0.2) is 21.9 Å². The number of carbonyl (C=O) groups excluding carboxylic acids is 1. The Morgan fingerprint density at radius 3 is 2.89 bits per heavy atom. The molecule has 19 heavy (non-hydrogen) atoms. The summed E-state index contributed by atoms with van der Waals surface area (Å²) in [6.45, 7) is 0.159. The quantitative estimate of drug-likeness (QED) is 0.816. The van der Waals surface area contributed by atoms with E-state index < -0.39 is 0 Å². The van der Waals surface area contributed by atoms with E-state index in [0.717, 1.165) is 4.90 Å². The van der Waals surface area contributed by atoms with Crippen LogP contribution in [-0.2, 0) is 11.3 Å². The molecule has 1 amide bonds. The van der Waals surface area contributed by atoms with Gasteiger partial charge in [-0.3, -0.25) is 4.79 Å². The topological polar surface area (TPSA) is 94.0 Å². The molecule has 0 fully saturated rings. The number of carbonyl (C=O) groups is 1. The van der Waals surface area contributed by atoms with Crippen molar-refractivity contribution in [3.8, 4) is 0 Å². The standard InChI is InChI=1S/C11H11ClN4O2S/c12-7-3-1-2-4-8(7)19-6-9(17)14-5-10-15-16-11(13)18-10/h1-4H,5-6H2,(H2,13,16)(H,14,17). The summed E-state index contributed by atoms with van der Waals surface area (Å²) >= 11 is 7.34. The second kappa shape index (κ2) is 6.44. The number of halogens is 1. The van der Waals surface area contributed by atoms with Crippen molar-refractivity contribution in [2.24, 2.45) is 0 Å². The van der Waals surface area contributed by atoms with E-state index in [9.17, 15) is 4.79 Å². The molecule has 2 rings (SSSR count). The van der Waals surface area contributed by atoms with Crippen LogP contribution < -0.4 is 11.1 Å². The van der Waals surface area contributed by atoms with Crippen LogP contribution in [0.2, 0.25) is 5.02 Å². The first kappa shape index (κ1) is 13.7. The number of amides is 1. The molecular weight excluding hydrogens is 288 g/mol. The second-order valence-electron chi connectivity index (χ2n) is 3.53. The number of hydrogen-bond acceptors (Lipinski definition) is 6. The summed E-state index contributed by atoms with van der Waals surface area (Å²) in [6.07, 6.45) is 0. The maximum Gasteiger partial charge on any atom is 0.312 e. The number of nitrogen functional groups attached to an aromatic ring is 1. The second-order valence-corrected chi connectivity index (χ2v) is 4.95. The van der Waals surface area contributed by atoms with Crippen LogP contribution >= 0.6 is 23.4 Å². The van der Waals surface area contributed by atoms with Crippen LogP contribution in [0.15, 0.2) is 33.6 Å². The maximum absolute atomic E-state index is 11.6. The van der Waals surface area contributed by atoms with Crippen molar-refractivity contribution in [2.45, 2.75) is 11.4 Å². The molecule has 0 bridgehead atoms. The zero-order chi connectivity index (χ0) is 13.7. The average molecular weight is 299 g/mol. The minimum absolute atomic E-state index is 0.0188. The van der Waals surface area contributed by atoms with Crippen molar-refractivity contribution in [3.05, 3.63) is 35.2 Å². The van der Waals surface area contributed by atoms with Crippen molar-refractivity contribution >= 4 is 35.3 Å². The predicted molar refractivity (Wildman–Crippen MR) is 72.7 cm³/mol. The Balaban J connectivity index is 1.77. The number of benzene rings is 1. The summed E-state index contributed by atoms with van der Waals surface area (Å²) in [5.41, 5.74) is 5.26. The van der Waals surface area contributed by atoms with Gasteiger partial charge in [-0.15, -0.1) is 16.9 Å². The lowest BCUT2D eigenvalue weighted by Crippen LogP contribution is -2.24. The summed E-state index contributed by atoms with van der Waals surface area (Å²) in [7, 11) is 0. The summed E-state index contributed by atoms with van der Waals surface area (Å²) in [5.74, 6) is 0.378. The molecule has 0 unspecified atom stereocenters. The van der Waals surface area contributed by atoms with Crippen LogP contribution in [0.3, 0.4) is 0 Å². The molecule has 0 radical (unpaired) electrons. The monoisotopic (exact) mass is 298 g/mol. The van der Waals surface area contributed by atoms with Gasteiger partial charge in [0.25, 0.3) is 0 Å². The molecule has 100 valence electrons. The van der Waals surface area contributed by atoms with Crippen LogP contribution in [0.1, 0.15) is 5.89 Å². The van der Waals surface area contributed by atoms with Gasteiger partial charge < -0.3 is 15.5 Å². The number of nitrogens with two attached hydrogens (primary N) is 1. The van der Waals surface area contributed by atoms with Gasteiger partial charge in [-0.2, -0.15) is 0 Å². The molecule has 1 heterocycles. The Morgan fingerprint density at radius 2 is 2.21 bits per heavy atom. The lowest BCUT2D eigenvalue weighted by molar-refractivity contribution is -0.118. The molecule has 0 spiro atoms. The third kappa shape index (κ3) is 4.15. The molecule has 0 atom stereocenters. The van der Waals surface area contributed by atoms with Gasteiger partial charge in [0.1, 0.15) is 0 Å². The van der Waals surface area contributed by atoms with Crippen LogP contribution in [0.5, 0.6) is 0 Å². The molecular formula is C11H11ClN4O2S. The van der Waals surface area contributed by atoms with Gasteiger partial charge in [-0.05, 0) is 12.1 Å². The van der Waals surface area contributed by atoms with Crippen LogP contribution in [0.4, 0.5) is 6.01 Å². The normalized spacial score (nSPS) is 10.4. The average Bonchev–Trinajstić information content (AvgIpc) is 2.81. The zero-order valence-corrected chi connectivity index (χ0v) is 11.4. The van der Waals surface area contributed by atoms with E-state index >= 15 is 0 Å². The number of anilines is 1. The van der Waals surface area contributed by atoms with Gasteiger partial charge in [-0.25, -0.2) is 0 Å². The number of rotatable bonds is 5. The first-order valence-corrected chi connectivity index (χ1v) is 6.73. The molecule has 1 aromatic heterocycles. The van der Waals surface area contributed by atoms with Crippen LogP contribution in [0.25, 0.3) is 0 Å². The summed E-state index contributed by atoms with van der Waals surface area (Å²) in [6, 6.07) is 7.33. The fourth-order valence-electron chi connectivity index (χ4n) is 1.27. The number of aromatic nitrogens is 2. The molecule has 0 saturated carbocycles. The zero-order valence-electron chi connectivity index (χ0n) is 9.80. The Morgan fingerprint density at radius 1 is 1.42 bits per heavy atom. The lowest BCUT2D eigenvalue weighted by Gasteiger charge is -2.04. The van der Waals surface area contributed by atoms with Gasteiger partial charge in [0.2, 0.25) is 11.8 Å². The Labute approximate surface area is 118 Å². The Kier molecular flexibility index (Phi) is 4.64. The molecule has 1 aromatic carbocycles. The lowest BCUT2D eigenvalue weighted by atomic mass is 10.4. The van der Waals surface area contributed by atoms with E-state index in [2.05, 4.69) is 15.5 Å².